The summed E-state index contributed by atoms with van der Waals surface area (Å²) in [6.45, 7) is 1.85. The highest BCUT2D eigenvalue weighted by atomic mass is 32.2. The summed E-state index contributed by atoms with van der Waals surface area (Å²) < 4.78 is 31.6. The molecule has 7 nitrogen and oxygen atoms in total. The molecule has 0 saturated heterocycles. The van der Waals surface area contributed by atoms with Crippen LogP contribution in [0.4, 0.5) is 5.69 Å². The normalized spacial score (nSPS) is 11.5. The molecule has 4 rings (SSSR count). The second-order valence-corrected chi connectivity index (χ2v) is 8.69. The summed E-state index contributed by atoms with van der Waals surface area (Å²) in [4.78, 5) is 15.5. The summed E-state index contributed by atoms with van der Waals surface area (Å²) in [5.74, 6) is 0.0238. The topological polar surface area (TPSA) is 99.4 Å². The Bertz CT molecular complexity index is 1330. The number of thiophene rings is 1. The van der Waals surface area contributed by atoms with Gasteiger partial charge in [0.1, 0.15) is 4.90 Å². The van der Waals surface area contributed by atoms with Gasteiger partial charge in [0.25, 0.3) is 5.69 Å². The highest BCUT2D eigenvalue weighted by Gasteiger charge is 2.24. The SMILES string of the molecule is Cc1ccc(S(=O)(=O)Oc2ccc([N+](=O)[O-])cc2-c2cccs2)c2cccnc12. The van der Waals surface area contributed by atoms with Crippen LogP contribution in [-0.4, -0.2) is 18.3 Å². The van der Waals surface area contributed by atoms with E-state index in [2.05, 4.69) is 4.98 Å². The van der Waals surface area contributed by atoms with Gasteiger partial charge < -0.3 is 4.18 Å². The Morgan fingerprint density at radius 3 is 2.66 bits per heavy atom. The van der Waals surface area contributed by atoms with E-state index >= 15 is 0 Å². The Kier molecular flexibility index (Phi) is 4.77. The molecule has 2 heterocycles. The molecule has 0 aliphatic heterocycles. The zero-order valence-corrected chi connectivity index (χ0v) is 16.7. The van der Waals surface area contributed by atoms with Gasteiger partial charge in [0.05, 0.1) is 10.4 Å². The first-order valence-electron chi connectivity index (χ1n) is 8.48. The number of nitro groups is 1. The second-order valence-electron chi connectivity index (χ2n) is 6.23. The van der Waals surface area contributed by atoms with Crippen LogP contribution in [0.3, 0.4) is 0 Å². The lowest BCUT2D eigenvalue weighted by Crippen LogP contribution is -2.11. The first kappa shape index (κ1) is 19.0. The molecule has 146 valence electrons. The van der Waals surface area contributed by atoms with Crippen LogP contribution < -0.4 is 4.18 Å². The van der Waals surface area contributed by atoms with Crippen molar-refractivity contribution in [3.8, 4) is 16.2 Å². The first-order valence-corrected chi connectivity index (χ1v) is 10.8. The molecule has 0 amide bonds. The number of pyridine rings is 1. The van der Waals surface area contributed by atoms with E-state index in [1.165, 1.54) is 35.6 Å². The van der Waals surface area contributed by atoms with Crippen molar-refractivity contribution in [1.82, 2.24) is 4.98 Å². The number of hydrogen-bond donors (Lipinski definition) is 0. The van der Waals surface area contributed by atoms with Crippen LogP contribution in [0.25, 0.3) is 21.3 Å². The first-order chi connectivity index (χ1) is 13.9. The van der Waals surface area contributed by atoms with E-state index in [1.807, 2.05) is 6.92 Å². The van der Waals surface area contributed by atoms with Gasteiger partial charge in [-0.05, 0) is 48.2 Å². The van der Waals surface area contributed by atoms with Crippen molar-refractivity contribution in [2.45, 2.75) is 11.8 Å². The van der Waals surface area contributed by atoms with Crippen LogP contribution in [0.2, 0.25) is 0 Å². The largest absolute Gasteiger partial charge is 0.378 e. The molecule has 0 atom stereocenters. The Morgan fingerprint density at radius 2 is 1.93 bits per heavy atom. The van der Waals surface area contributed by atoms with E-state index in [-0.39, 0.29) is 16.3 Å². The molecule has 0 radical (unpaired) electrons. The van der Waals surface area contributed by atoms with Gasteiger partial charge in [-0.25, -0.2) is 0 Å². The third-order valence-corrected chi connectivity index (χ3v) is 6.56. The monoisotopic (exact) mass is 426 g/mol. The molecule has 0 aliphatic rings. The number of non-ortho nitro benzene ring substituents is 1. The number of aromatic nitrogens is 1. The fraction of sp³-hybridized carbons (Fsp3) is 0.0500. The fourth-order valence-electron chi connectivity index (χ4n) is 3.00. The zero-order chi connectivity index (χ0) is 20.6. The molecule has 9 heteroatoms. The predicted molar refractivity (Wildman–Crippen MR) is 111 cm³/mol. The minimum atomic E-state index is -4.21. The maximum absolute atomic E-state index is 13.1. The van der Waals surface area contributed by atoms with Crippen LogP contribution in [-0.2, 0) is 10.1 Å². The predicted octanol–water partition coefficient (Wildman–Crippen LogP) is 4.95. The van der Waals surface area contributed by atoms with Crippen molar-refractivity contribution < 1.29 is 17.5 Å². The summed E-state index contributed by atoms with van der Waals surface area (Å²) in [5, 5.41) is 13.4. The Hall–Kier alpha value is -3.30. The molecule has 0 spiro atoms. The maximum Gasteiger partial charge on any atom is 0.339 e. The number of aryl methyl sites for hydroxylation is 1. The lowest BCUT2D eigenvalue weighted by atomic mass is 10.1. The smallest absolute Gasteiger partial charge is 0.339 e. The van der Waals surface area contributed by atoms with E-state index in [0.717, 1.165) is 5.56 Å². The minimum Gasteiger partial charge on any atom is -0.378 e. The second kappa shape index (κ2) is 7.26. The van der Waals surface area contributed by atoms with Crippen molar-refractivity contribution >= 4 is 38.0 Å². The van der Waals surface area contributed by atoms with E-state index < -0.39 is 15.0 Å². The van der Waals surface area contributed by atoms with Gasteiger partial charge in [-0.1, -0.05) is 12.1 Å². The molecule has 2 aromatic carbocycles. The number of rotatable bonds is 5. The molecule has 4 aromatic rings. The Morgan fingerprint density at radius 1 is 1.10 bits per heavy atom. The number of fused-ring (bicyclic) bond motifs is 1. The van der Waals surface area contributed by atoms with Crippen molar-refractivity contribution in [3.05, 3.63) is 81.9 Å². The van der Waals surface area contributed by atoms with Gasteiger partial charge in [0.15, 0.2) is 5.75 Å². The summed E-state index contributed by atoms with van der Waals surface area (Å²) in [7, 11) is -4.21. The van der Waals surface area contributed by atoms with E-state index in [9.17, 15) is 18.5 Å². The summed E-state index contributed by atoms with van der Waals surface area (Å²) in [6.07, 6.45) is 1.60. The third kappa shape index (κ3) is 3.57. The molecular formula is C20H14N2O5S2. The Labute approximate surface area is 170 Å². The highest BCUT2D eigenvalue weighted by molar-refractivity contribution is 7.87. The average molecular weight is 426 g/mol. The van der Waals surface area contributed by atoms with Crippen molar-refractivity contribution in [1.29, 1.82) is 0 Å². The quantitative estimate of drug-likeness (QED) is 0.254. The van der Waals surface area contributed by atoms with E-state index in [0.29, 0.717) is 21.3 Å². The molecule has 0 bridgehead atoms. The lowest BCUT2D eigenvalue weighted by molar-refractivity contribution is -0.384. The lowest BCUT2D eigenvalue weighted by Gasteiger charge is -2.13. The maximum atomic E-state index is 13.1. The molecule has 29 heavy (non-hydrogen) atoms. The highest BCUT2D eigenvalue weighted by Crippen LogP contribution is 2.38. The molecule has 0 aliphatic carbocycles. The zero-order valence-electron chi connectivity index (χ0n) is 15.1. The molecule has 0 saturated carbocycles. The van der Waals surface area contributed by atoms with Crippen molar-refractivity contribution in [2.75, 3.05) is 0 Å². The van der Waals surface area contributed by atoms with Gasteiger partial charge in [-0.2, -0.15) is 8.42 Å². The summed E-state index contributed by atoms with van der Waals surface area (Å²) in [5.41, 5.74) is 1.60. The van der Waals surface area contributed by atoms with Gasteiger partial charge in [0.2, 0.25) is 0 Å². The number of nitrogens with zero attached hydrogens (tertiary/aromatic N) is 2. The van der Waals surface area contributed by atoms with Crippen LogP contribution in [0, 0.1) is 17.0 Å². The number of hydrogen-bond acceptors (Lipinski definition) is 7. The van der Waals surface area contributed by atoms with E-state index in [1.54, 1.807) is 41.9 Å². The fourth-order valence-corrected chi connectivity index (χ4v) is 4.89. The minimum absolute atomic E-state index is 0.0123. The molecule has 0 fully saturated rings. The van der Waals surface area contributed by atoms with Gasteiger partial charge in [-0.3, -0.25) is 15.1 Å². The number of nitro benzene ring substituents is 1. The van der Waals surface area contributed by atoms with Crippen molar-refractivity contribution in [3.63, 3.8) is 0 Å². The van der Waals surface area contributed by atoms with Gasteiger partial charge in [-0.15, -0.1) is 11.3 Å². The van der Waals surface area contributed by atoms with Crippen LogP contribution in [0.1, 0.15) is 5.56 Å². The molecule has 0 unspecified atom stereocenters. The van der Waals surface area contributed by atoms with Crippen molar-refractivity contribution in [2.24, 2.45) is 0 Å². The van der Waals surface area contributed by atoms with Crippen LogP contribution >= 0.6 is 11.3 Å². The Balaban J connectivity index is 1.84. The average Bonchev–Trinajstić information content (AvgIpc) is 3.23. The summed E-state index contributed by atoms with van der Waals surface area (Å²) in [6, 6.07) is 13.8. The van der Waals surface area contributed by atoms with E-state index in [4.69, 9.17) is 4.18 Å². The number of benzene rings is 2. The van der Waals surface area contributed by atoms with Crippen LogP contribution in [0.15, 0.2) is 71.1 Å². The standard InChI is InChI=1S/C20H14N2O5S2/c1-13-6-9-19(15-4-2-10-21-20(13)15)29(25,26)27-17-8-7-14(22(23)24)12-16(17)18-5-3-11-28-18/h2-12H,1H3. The van der Waals surface area contributed by atoms with Gasteiger partial charge >= 0.3 is 10.1 Å². The molecule has 0 N–H and O–H groups in total. The summed E-state index contributed by atoms with van der Waals surface area (Å²) >= 11 is 1.33. The van der Waals surface area contributed by atoms with Gasteiger partial charge in [0, 0.05) is 34.2 Å². The van der Waals surface area contributed by atoms with Crippen LogP contribution in [0.5, 0.6) is 5.75 Å². The third-order valence-electron chi connectivity index (χ3n) is 4.36. The molecule has 2 aromatic heterocycles. The molecular weight excluding hydrogens is 412 g/mol.